The van der Waals surface area contributed by atoms with Gasteiger partial charge < -0.3 is 9.88 Å². The summed E-state index contributed by atoms with van der Waals surface area (Å²) < 4.78 is 2.04. The zero-order valence-corrected chi connectivity index (χ0v) is 13.1. The topological polar surface area (TPSA) is 29.9 Å². The molecule has 1 N–H and O–H groups in total. The van der Waals surface area contributed by atoms with Crippen LogP contribution < -0.4 is 5.32 Å². The summed E-state index contributed by atoms with van der Waals surface area (Å²) in [6.07, 6.45) is 4.93. The molecule has 0 saturated carbocycles. The zero-order valence-electron chi connectivity index (χ0n) is 12.3. The molecule has 108 valence electrons. The van der Waals surface area contributed by atoms with Crippen LogP contribution in [0.3, 0.4) is 0 Å². The Hall–Kier alpha value is -1.32. The molecule has 2 rings (SSSR count). The van der Waals surface area contributed by atoms with Crippen molar-refractivity contribution in [3.05, 3.63) is 53.1 Å². The number of aryl methyl sites for hydroxylation is 1. The van der Waals surface area contributed by atoms with Crippen molar-refractivity contribution < 1.29 is 0 Å². The van der Waals surface area contributed by atoms with E-state index in [1.165, 1.54) is 5.56 Å². The average molecular weight is 292 g/mol. The van der Waals surface area contributed by atoms with Crippen LogP contribution in [-0.2, 0) is 13.6 Å². The van der Waals surface area contributed by atoms with Crippen LogP contribution in [0.25, 0.3) is 0 Å². The lowest BCUT2D eigenvalue weighted by Crippen LogP contribution is -2.27. The average Bonchev–Trinajstić information content (AvgIpc) is 2.86. The van der Waals surface area contributed by atoms with Gasteiger partial charge in [0, 0.05) is 30.5 Å². The highest BCUT2D eigenvalue weighted by atomic mass is 35.5. The Labute approximate surface area is 126 Å². The lowest BCUT2D eigenvalue weighted by molar-refractivity contribution is 0.370. The third-order valence-corrected chi connectivity index (χ3v) is 4.10. The summed E-state index contributed by atoms with van der Waals surface area (Å²) in [7, 11) is 2.02. The van der Waals surface area contributed by atoms with Gasteiger partial charge in [0.15, 0.2) is 0 Å². The molecule has 2 atom stereocenters. The van der Waals surface area contributed by atoms with Gasteiger partial charge in [-0.25, -0.2) is 4.98 Å². The summed E-state index contributed by atoms with van der Waals surface area (Å²) >= 11 is 5.98. The molecular formula is C16H22ClN3. The van der Waals surface area contributed by atoms with Crippen LogP contribution in [-0.4, -0.2) is 9.55 Å². The number of rotatable bonds is 6. The van der Waals surface area contributed by atoms with E-state index in [1.807, 2.05) is 36.1 Å². The highest BCUT2D eigenvalue weighted by molar-refractivity contribution is 6.30. The quantitative estimate of drug-likeness (QED) is 0.873. The Morgan fingerprint density at radius 1 is 1.30 bits per heavy atom. The molecule has 0 radical (unpaired) electrons. The Kier molecular flexibility index (Phi) is 5.21. The molecule has 0 bridgehead atoms. The van der Waals surface area contributed by atoms with Crippen molar-refractivity contribution in [3.63, 3.8) is 0 Å². The summed E-state index contributed by atoms with van der Waals surface area (Å²) in [5.41, 5.74) is 1.28. The molecule has 20 heavy (non-hydrogen) atoms. The highest BCUT2D eigenvalue weighted by Crippen LogP contribution is 2.25. The maximum absolute atomic E-state index is 5.98. The maximum Gasteiger partial charge on any atom is 0.122 e. The summed E-state index contributed by atoms with van der Waals surface area (Å²) in [5.74, 6) is 1.60. The largest absolute Gasteiger partial charge is 0.337 e. The van der Waals surface area contributed by atoms with Gasteiger partial charge in [-0.2, -0.15) is 0 Å². The molecule has 1 aromatic carbocycles. The van der Waals surface area contributed by atoms with E-state index in [-0.39, 0.29) is 0 Å². The first kappa shape index (κ1) is 15.1. The van der Waals surface area contributed by atoms with Gasteiger partial charge in [0.1, 0.15) is 5.82 Å². The van der Waals surface area contributed by atoms with Crippen molar-refractivity contribution in [1.82, 2.24) is 14.9 Å². The molecule has 0 aliphatic carbocycles. The molecule has 0 fully saturated rings. The monoisotopic (exact) mass is 291 g/mol. The second kappa shape index (κ2) is 6.91. The van der Waals surface area contributed by atoms with Crippen molar-refractivity contribution in [2.45, 2.75) is 32.9 Å². The molecule has 3 nitrogen and oxygen atoms in total. The standard InChI is InChI=1S/C16H22ClN3/c1-4-12(2)16(13-5-7-14(17)8-6-13)19-11-15-18-9-10-20(15)3/h5-10,12,16,19H,4,11H2,1-3H3/t12-,16-/m0/s1. The fourth-order valence-electron chi connectivity index (χ4n) is 2.32. The Balaban J connectivity index is 2.12. The van der Waals surface area contributed by atoms with E-state index in [1.54, 1.807) is 0 Å². The molecule has 0 spiro atoms. The number of hydrogen-bond donors (Lipinski definition) is 1. The van der Waals surface area contributed by atoms with E-state index in [4.69, 9.17) is 11.6 Å². The minimum atomic E-state index is 0.314. The number of benzene rings is 1. The van der Waals surface area contributed by atoms with Crippen molar-refractivity contribution in [2.24, 2.45) is 13.0 Å². The van der Waals surface area contributed by atoms with Gasteiger partial charge in [0.05, 0.1) is 6.54 Å². The van der Waals surface area contributed by atoms with Gasteiger partial charge in [-0.05, 0) is 23.6 Å². The second-order valence-corrected chi connectivity index (χ2v) is 5.69. The molecule has 0 amide bonds. The van der Waals surface area contributed by atoms with E-state index >= 15 is 0 Å². The van der Waals surface area contributed by atoms with E-state index in [2.05, 4.69) is 36.3 Å². The summed E-state index contributed by atoms with van der Waals surface area (Å²) in [6.45, 7) is 5.25. The third-order valence-electron chi connectivity index (χ3n) is 3.84. The van der Waals surface area contributed by atoms with Crippen molar-refractivity contribution in [1.29, 1.82) is 0 Å². The smallest absolute Gasteiger partial charge is 0.122 e. The highest BCUT2D eigenvalue weighted by Gasteiger charge is 2.18. The Morgan fingerprint density at radius 2 is 2.00 bits per heavy atom. The van der Waals surface area contributed by atoms with Gasteiger partial charge in [0.25, 0.3) is 0 Å². The molecule has 4 heteroatoms. The van der Waals surface area contributed by atoms with Gasteiger partial charge in [-0.1, -0.05) is 44.0 Å². The minimum Gasteiger partial charge on any atom is -0.337 e. The third kappa shape index (κ3) is 3.62. The minimum absolute atomic E-state index is 0.314. The van der Waals surface area contributed by atoms with Crippen LogP contribution in [0.4, 0.5) is 0 Å². The number of halogens is 1. The molecule has 0 saturated heterocycles. The van der Waals surface area contributed by atoms with Gasteiger partial charge >= 0.3 is 0 Å². The van der Waals surface area contributed by atoms with E-state index in [0.29, 0.717) is 12.0 Å². The van der Waals surface area contributed by atoms with E-state index in [0.717, 1.165) is 23.8 Å². The number of nitrogens with zero attached hydrogens (tertiary/aromatic N) is 2. The van der Waals surface area contributed by atoms with Gasteiger partial charge in [0.2, 0.25) is 0 Å². The van der Waals surface area contributed by atoms with Gasteiger partial charge in [-0.3, -0.25) is 0 Å². The fraction of sp³-hybridized carbons (Fsp3) is 0.438. The summed E-state index contributed by atoms with van der Waals surface area (Å²) in [5, 5.41) is 4.40. The zero-order chi connectivity index (χ0) is 14.5. The Bertz CT molecular complexity index is 533. The Morgan fingerprint density at radius 3 is 2.55 bits per heavy atom. The lowest BCUT2D eigenvalue weighted by atomic mass is 9.92. The van der Waals surface area contributed by atoms with Crippen molar-refractivity contribution in [2.75, 3.05) is 0 Å². The molecule has 2 aromatic rings. The summed E-state index contributed by atoms with van der Waals surface area (Å²) in [4.78, 5) is 4.36. The normalized spacial score (nSPS) is 14.2. The molecular weight excluding hydrogens is 270 g/mol. The van der Waals surface area contributed by atoms with E-state index in [9.17, 15) is 0 Å². The van der Waals surface area contributed by atoms with E-state index < -0.39 is 0 Å². The first-order valence-electron chi connectivity index (χ1n) is 7.07. The number of nitrogens with one attached hydrogen (secondary N) is 1. The number of aromatic nitrogens is 2. The molecule has 1 aromatic heterocycles. The lowest BCUT2D eigenvalue weighted by Gasteiger charge is -2.25. The van der Waals surface area contributed by atoms with Crippen LogP contribution in [0.5, 0.6) is 0 Å². The van der Waals surface area contributed by atoms with Crippen LogP contribution in [0.2, 0.25) is 5.02 Å². The predicted octanol–water partition coefficient (Wildman–Crippen LogP) is 3.95. The molecule has 0 aliphatic rings. The van der Waals surface area contributed by atoms with Crippen molar-refractivity contribution in [3.8, 4) is 0 Å². The van der Waals surface area contributed by atoms with Crippen LogP contribution >= 0.6 is 11.6 Å². The van der Waals surface area contributed by atoms with Crippen molar-refractivity contribution >= 4 is 11.6 Å². The predicted molar refractivity (Wildman–Crippen MR) is 83.7 cm³/mol. The molecule has 0 aliphatic heterocycles. The van der Waals surface area contributed by atoms with Gasteiger partial charge in [-0.15, -0.1) is 0 Å². The second-order valence-electron chi connectivity index (χ2n) is 5.25. The molecule has 0 unspecified atom stereocenters. The maximum atomic E-state index is 5.98. The number of hydrogen-bond acceptors (Lipinski definition) is 2. The summed E-state index contributed by atoms with van der Waals surface area (Å²) in [6, 6.07) is 8.42. The SMILES string of the molecule is CC[C@H](C)[C@H](NCc1nccn1C)c1ccc(Cl)cc1. The van der Waals surface area contributed by atoms with Crippen LogP contribution in [0.15, 0.2) is 36.7 Å². The molecule has 1 heterocycles. The first-order valence-corrected chi connectivity index (χ1v) is 7.44. The van der Waals surface area contributed by atoms with Crippen LogP contribution in [0, 0.1) is 5.92 Å². The van der Waals surface area contributed by atoms with Crippen LogP contribution in [0.1, 0.15) is 37.7 Å². The number of imidazole rings is 1. The fourth-order valence-corrected chi connectivity index (χ4v) is 2.45. The first-order chi connectivity index (χ1) is 9.61.